The van der Waals surface area contributed by atoms with Crippen molar-refractivity contribution < 1.29 is 0 Å². The molecule has 7 heteroatoms. The number of nitrogens with zero attached hydrogens (tertiary/aromatic N) is 5. The van der Waals surface area contributed by atoms with Crippen molar-refractivity contribution in [3.05, 3.63) is 24.3 Å². The number of unbranched alkanes of at least 4 members (excludes halogenated alkanes) is 3. The zero-order valence-electron chi connectivity index (χ0n) is 15.7. The van der Waals surface area contributed by atoms with Crippen molar-refractivity contribution in [1.82, 2.24) is 25.0 Å². The minimum atomic E-state index is 0. The molecule has 0 radical (unpaired) electrons. The van der Waals surface area contributed by atoms with Gasteiger partial charge in [0.1, 0.15) is 5.82 Å². The van der Waals surface area contributed by atoms with Crippen molar-refractivity contribution in [2.24, 2.45) is 4.99 Å². The van der Waals surface area contributed by atoms with Gasteiger partial charge in [0, 0.05) is 33.6 Å². The number of aromatic nitrogens is 3. The van der Waals surface area contributed by atoms with Gasteiger partial charge in [0.15, 0.2) is 11.8 Å². The molecule has 0 saturated carbocycles. The molecule has 0 amide bonds. The predicted octanol–water partition coefficient (Wildman–Crippen LogP) is 3.38. The van der Waals surface area contributed by atoms with Crippen molar-refractivity contribution in [2.45, 2.75) is 64.5 Å². The van der Waals surface area contributed by atoms with Gasteiger partial charge >= 0.3 is 0 Å². The normalized spacial score (nSPS) is 14.2. The van der Waals surface area contributed by atoms with Crippen LogP contribution in [0.3, 0.4) is 0 Å². The van der Waals surface area contributed by atoms with Crippen LogP contribution in [0.15, 0.2) is 17.6 Å². The Hall–Kier alpha value is -1.12. The summed E-state index contributed by atoms with van der Waals surface area (Å²) >= 11 is 0. The fourth-order valence-electron chi connectivity index (χ4n) is 3.14. The van der Waals surface area contributed by atoms with Gasteiger partial charge in [-0.25, -0.2) is 0 Å². The summed E-state index contributed by atoms with van der Waals surface area (Å²) in [6.07, 6.45) is 11.5. The molecule has 1 aromatic heterocycles. The third-order valence-electron chi connectivity index (χ3n) is 4.57. The smallest absolute Gasteiger partial charge is 0.193 e. The van der Waals surface area contributed by atoms with Crippen molar-refractivity contribution in [3.63, 3.8) is 0 Å². The molecule has 0 fully saturated rings. The van der Waals surface area contributed by atoms with E-state index in [1.54, 1.807) is 0 Å². The second kappa shape index (κ2) is 12.3. The van der Waals surface area contributed by atoms with Gasteiger partial charge < -0.3 is 14.8 Å². The number of hydrogen-bond donors (Lipinski definition) is 1. The van der Waals surface area contributed by atoms with Crippen LogP contribution < -0.4 is 5.32 Å². The molecule has 1 aliphatic heterocycles. The molecule has 0 bridgehead atoms. The van der Waals surface area contributed by atoms with Gasteiger partial charge in [-0.15, -0.1) is 40.8 Å². The van der Waals surface area contributed by atoms with E-state index in [-0.39, 0.29) is 24.0 Å². The van der Waals surface area contributed by atoms with Gasteiger partial charge in [-0.1, -0.05) is 18.9 Å². The molecular weight excluding hydrogens is 427 g/mol. The second-order valence-corrected chi connectivity index (χ2v) is 6.46. The lowest BCUT2D eigenvalue weighted by Gasteiger charge is -2.22. The molecule has 0 aliphatic carbocycles. The maximum absolute atomic E-state index is 4.39. The molecule has 0 saturated heterocycles. The van der Waals surface area contributed by atoms with Crippen molar-refractivity contribution in [3.8, 4) is 0 Å². The van der Waals surface area contributed by atoms with E-state index in [9.17, 15) is 0 Å². The van der Waals surface area contributed by atoms with Crippen LogP contribution in [-0.4, -0.2) is 46.3 Å². The molecule has 25 heavy (non-hydrogen) atoms. The summed E-state index contributed by atoms with van der Waals surface area (Å²) in [6.45, 7) is 6.50. The molecule has 1 N–H and O–H groups in total. The minimum Gasteiger partial charge on any atom is -0.349 e. The van der Waals surface area contributed by atoms with Gasteiger partial charge in [0.05, 0.1) is 6.54 Å². The number of nitrogens with one attached hydrogen (secondary N) is 1. The lowest BCUT2D eigenvalue weighted by atomic mass is 10.2. The fraction of sp³-hybridized carbons (Fsp3) is 0.722. The molecule has 0 atom stereocenters. The van der Waals surface area contributed by atoms with Gasteiger partial charge in [0.2, 0.25) is 0 Å². The first-order valence-corrected chi connectivity index (χ1v) is 9.20. The SMILES string of the molecule is C=CCCCCCN(C)C(=NC)NCc1nnc2n1CCCCC2.I. The summed E-state index contributed by atoms with van der Waals surface area (Å²) in [4.78, 5) is 6.58. The highest BCUT2D eigenvalue weighted by Crippen LogP contribution is 2.14. The van der Waals surface area contributed by atoms with Crippen molar-refractivity contribution in [1.29, 1.82) is 0 Å². The molecule has 2 heterocycles. The Morgan fingerprint density at radius 3 is 2.88 bits per heavy atom. The fourth-order valence-corrected chi connectivity index (χ4v) is 3.14. The van der Waals surface area contributed by atoms with Crippen molar-refractivity contribution >= 4 is 29.9 Å². The zero-order valence-corrected chi connectivity index (χ0v) is 18.0. The summed E-state index contributed by atoms with van der Waals surface area (Å²) in [6, 6.07) is 0. The Bertz CT molecular complexity index is 540. The number of allylic oxidation sites excluding steroid dienone is 1. The van der Waals surface area contributed by atoms with Crippen LogP contribution in [0.1, 0.15) is 56.6 Å². The number of rotatable bonds is 8. The molecule has 2 rings (SSSR count). The number of guanidine groups is 1. The van der Waals surface area contributed by atoms with E-state index >= 15 is 0 Å². The molecule has 142 valence electrons. The minimum absolute atomic E-state index is 0. The topological polar surface area (TPSA) is 58.3 Å². The summed E-state index contributed by atoms with van der Waals surface area (Å²) < 4.78 is 2.28. The molecule has 0 aromatic carbocycles. The van der Waals surface area contributed by atoms with Crippen LogP contribution in [0.5, 0.6) is 0 Å². The molecule has 1 aliphatic rings. The Labute approximate surface area is 169 Å². The first-order chi connectivity index (χ1) is 11.8. The second-order valence-electron chi connectivity index (χ2n) is 6.46. The van der Waals surface area contributed by atoms with Crippen LogP contribution in [-0.2, 0) is 19.5 Å². The average molecular weight is 460 g/mol. The number of aryl methyl sites for hydroxylation is 1. The van der Waals surface area contributed by atoms with Gasteiger partial charge in [-0.3, -0.25) is 4.99 Å². The number of halogens is 1. The van der Waals surface area contributed by atoms with E-state index in [1.165, 1.54) is 38.5 Å². The van der Waals surface area contributed by atoms with E-state index in [0.717, 1.165) is 43.5 Å². The van der Waals surface area contributed by atoms with E-state index < -0.39 is 0 Å². The van der Waals surface area contributed by atoms with E-state index in [4.69, 9.17) is 0 Å². The predicted molar refractivity (Wildman–Crippen MR) is 114 cm³/mol. The Morgan fingerprint density at radius 1 is 1.28 bits per heavy atom. The highest BCUT2D eigenvalue weighted by Gasteiger charge is 2.15. The molecule has 6 nitrogen and oxygen atoms in total. The molecule has 1 aromatic rings. The summed E-state index contributed by atoms with van der Waals surface area (Å²) in [5, 5.41) is 12.2. The van der Waals surface area contributed by atoms with E-state index in [0.29, 0.717) is 6.54 Å². The summed E-state index contributed by atoms with van der Waals surface area (Å²) in [5.74, 6) is 3.08. The van der Waals surface area contributed by atoms with Crippen LogP contribution in [0.25, 0.3) is 0 Å². The number of fused-ring (bicyclic) bond motifs is 1. The lowest BCUT2D eigenvalue weighted by molar-refractivity contribution is 0.453. The maximum atomic E-state index is 4.39. The Balaban J connectivity index is 0.00000312. The highest BCUT2D eigenvalue weighted by atomic mass is 127. The van der Waals surface area contributed by atoms with Crippen LogP contribution >= 0.6 is 24.0 Å². The first kappa shape index (κ1) is 21.9. The van der Waals surface area contributed by atoms with Crippen molar-refractivity contribution in [2.75, 3.05) is 20.6 Å². The third-order valence-corrected chi connectivity index (χ3v) is 4.57. The Morgan fingerprint density at radius 2 is 2.12 bits per heavy atom. The Kier molecular flexibility index (Phi) is 10.8. The van der Waals surface area contributed by atoms with E-state index in [1.807, 2.05) is 13.1 Å². The van der Waals surface area contributed by atoms with Gasteiger partial charge in [-0.2, -0.15) is 0 Å². The van der Waals surface area contributed by atoms with Gasteiger partial charge in [0.25, 0.3) is 0 Å². The lowest BCUT2D eigenvalue weighted by Crippen LogP contribution is -2.39. The largest absolute Gasteiger partial charge is 0.349 e. The van der Waals surface area contributed by atoms with E-state index in [2.05, 4.69) is 43.6 Å². The van der Waals surface area contributed by atoms with Gasteiger partial charge in [-0.05, 0) is 32.1 Å². The number of hydrogen-bond acceptors (Lipinski definition) is 3. The standard InChI is InChI=1S/C18H32N6.HI/c1-4-5-6-7-10-13-23(3)18(19-2)20-15-17-22-21-16-12-9-8-11-14-24(16)17;/h4H,1,5-15H2,2-3H3,(H,19,20);1H. The van der Waals surface area contributed by atoms with Crippen LogP contribution in [0.2, 0.25) is 0 Å². The highest BCUT2D eigenvalue weighted by molar-refractivity contribution is 14.0. The number of aliphatic imine (C=N–C) groups is 1. The molecular formula is C18H33IN6. The molecule has 0 spiro atoms. The van der Waals surface area contributed by atoms with Crippen LogP contribution in [0.4, 0.5) is 0 Å². The third kappa shape index (κ3) is 6.95. The van der Waals surface area contributed by atoms with Crippen LogP contribution in [0, 0.1) is 0 Å². The molecule has 0 unspecified atom stereocenters. The zero-order chi connectivity index (χ0) is 17.2. The maximum Gasteiger partial charge on any atom is 0.193 e. The monoisotopic (exact) mass is 460 g/mol. The average Bonchev–Trinajstić information content (AvgIpc) is 2.82. The summed E-state index contributed by atoms with van der Waals surface area (Å²) in [7, 11) is 3.92. The summed E-state index contributed by atoms with van der Waals surface area (Å²) in [5.41, 5.74) is 0. The first-order valence-electron chi connectivity index (χ1n) is 9.20. The quantitative estimate of drug-likeness (QED) is 0.213.